The third kappa shape index (κ3) is 1.28. The average Bonchev–Trinajstić information content (AvgIpc) is 2.46. The van der Waals surface area contributed by atoms with Crippen LogP contribution in [-0.2, 0) is 0 Å². The topological polar surface area (TPSA) is 43.1 Å². The molecule has 2 heterocycles. The van der Waals surface area contributed by atoms with Crippen molar-refractivity contribution in [3.8, 4) is 0 Å². The van der Waals surface area contributed by atoms with Gasteiger partial charge >= 0.3 is 0 Å². The first-order valence-electron chi connectivity index (χ1n) is 4.37. The van der Waals surface area contributed by atoms with Gasteiger partial charge in [-0.3, -0.25) is 0 Å². The molecule has 4 heteroatoms. The molecule has 0 aliphatic carbocycles. The maximum atomic E-state index is 4.35. The third-order valence-electron chi connectivity index (χ3n) is 1.94. The Bertz CT molecular complexity index is 430. The molecular formula is C9H12N4. The number of nitrogens with zero attached hydrogens (tertiary/aromatic N) is 4. The van der Waals surface area contributed by atoms with Crippen LogP contribution in [-0.4, -0.2) is 19.8 Å². The summed E-state index contributed by atoms with van der Waals surface area (Å²) in [6, 6.07) is 3.87. The quantitative estimate of drug-likeness (QED) is 0.662. The van der Waals surface area contributed by atoms with Crippen molar-refractivity contribution in [3.05, 3.63) is 23.7 Å². The van der Waals surface area contributed by atoms with E-state index in [4.69, 9.17) is 0 Å². The molecular weight excluding hydrogens is 164 g/mol. The van der Waals surface area contributed by atoms with Crippen LogP contribution in [0.25, 0.3) is 5.65 Å². The zero-order valence-electron chi connectivity index (χ0n) is 8.02. The summed E-state index contributed by atoms with van der Waals surface area (Å²) in [4.78, 5) is 0. The molecule has 0 spiro atoms. The summed E-state index contributed by atoms with van der Waals surface area (Å²) < 4.78 is 1.81. The van der Waals surface area contributed by atoms with E-state index in [1.165, 1.54) is 0 Å². The molecule has 0 aliphatic rings. The summed E-state index contributed by atoms with van der Waals surface area (Å²) in [6.45, 7) is 6.13. The normalized spacial score (nSPS) is 11.4. The van der Waals surface area contributed by atoms with Crippen LogP contribution in [0.1, 0.15) is 31.3 Å². The van der Waals surface area contributed by atoms with Crippen molar-refractivity contribution < 1.29 is 0 Å². The largest absolute Gasteiger partial charge is 0.197 e. The van der Waals surface area contributed by atoms with Gasteiger partial charge in [-0.1, -0.05) is 13.8 Å². The lowest BCUT2D eigenvalue weighted by Crippen LogP contribution is -2.01. The van der Waals surface area contributed by atoms with E-state index in [1.807, 2.05) is 19.1 Å². The van der Waals surface area contributed by atoms with Crippen molar-refractivity contribution >= 4 is 5.65 Å². The first kappa shape index (κ1) is 8.16. The van der Waals surface area contributed by atoms with E-state index in [0.29, 0.717) is 5.92 Å². The van der Waals surface area contributed by atoms with Gasteiger partial charge in [-0.05, 0) is 19.1 Å². The minimum atomic E-state index is 0.351. The molecule has 0 amide bonds. The predicted molar refractivity (Wildman–Crippen MR) is 49.6 cm³/mol. The standard InChI is InChI=1S/C9H12N4/c1-6(2)9-11-10-8-5-4-7(3)12-13(8)9/h4-6H,1-3H3. The predicted octanol–water partition coefficient (Wildman–Crippen LogP) is 1.56. The van der Waals surface area contributed by atoms with E-state index >= 15 is 0 Å². The van der Waals surface area contributed by atoms with Gasteiger partial charge < -0.3 is 0 Å². The van der Waals surface area contributed by atoms with Gasteiger partial charge in [0.05, 0.1) is 5.69 Å². The summed E-state index contributed by atoms with van der Waals surface area (Å²) in [7, 11) is 0. The molecule has 2 rings (SSSR count). The summed E-state index contributed by atoms with van der Waals surface area (Å²) in [6.07, 6.45) is 0. The highest BCUT2D eigenvalue weighted by molar-refractivity contribution is 5.36. The van der Waals surface area contributed by atoms with E-state index in [2.05, 4.69) is 29.1 Å². The smallest absolute Gasteiger partial charge is 0.177 e. The summed E-state index contributed by atoms with van der Waals surface area (Å²) in [5, 5.41) is 12.5. The SMILES string of the molecule is Cc1ccc2nnc(C(C)C)n2n1. The molecule has 13 heavy (non-hydrogen) atoms. The Morgan fingerprint density at radius 2 is 2.00 bits per heavy atom. The second kappa shape index (κ2) is 2.80. The van der Waals surface area contributed by atoms with Gasteiger partial charge in [0, 0.05) is 5.92 Å². The van der Waals surface area contributed by atoms with Gasteiger partial charge in [0.15, 0.2) is 11.5 Å². The Labute approximate surface area is 76.6 Å². The highest BCUT2D eigenvalue weighted by Gasteiger charge is 2.09. The Morgan fingerprint density at radius 1 is 1.23 bits per heavy atom. The highest BCUT2D eigenvalue weighted by Crippen LogP contribution is 2.11. The second-order valence-corrected chi connectivity index (χ2v) is 3.46. The van der Waals surface area contributed by atoms with Crippen molar-refractivity contribution in [2.75, 3.05) is 0 Å². The van der Waals surface area contributed by atoms with Crippen LogP contribution in [0.15, 0.2) is 12.1 Å². The first-order chi connectivity index (χ1) is 6.18. The first-order valence-corrected chi connectivity index (χ1v) is 4.37. The number of hydrogen-bond acceptors (Lipinski definition) is 3. The summed E-state index contributed by atoms with van der Waals surface area (Å²) in [5.74, 6) is 1.27. The lowest BCUT2D eigenvalue weighted by Gasteiger charge is -2.01. The van der Waals surface area contributed by atoms with E-state index < -0.39 is 0 Å². The monoisotopic (exact) mass is 176 g/mol. The lowest BCUT2D eigenvalue weighted by atomic mass is 10.2. The van der Waals surface area contributed by atoms with Crippen LogP contribution in [0.3, 0.4) is 0 Å². The van der Waals surface area contributed by atoms with Gasteiger partial charge in [-0.25, -0.2) is 0 Å². The van der Waals surface area contributed by atoms with E-state index in [1.54, 1.807) is 4.52 Å². The van der Waals surface area contributed by atoms with Gasteiger partial charge in [-0.15, -0.1) is 10.2 Å². The third-order valence-corrected chi connectivity index (χ3v) is 1.94. The minimum Gasteiger partial charge on any atom is -0.197 e. The molecule has 0 fully saturated rings. The molecule has 0 radical (unpaired) electrons. The zero-order valence-corrected chi connectivity index (χ0v) is 8.02. The number of hydrogen-bond donors (Lipinski definition) is 0. The van der Waals surface area contributed by atoms with E-state index in [-0.39, 0.29) is 0 Å². The van der Waals surface area contributed by atoms with Gasteiger partial charge in [0.25, 0.3) is 0 Å². The fraction of sp³-hybridized carbons (Fsp3) is 0.444. The van der Waals surface area contributed by atoms with Gasteiger partial charge in [0.2, 0.25) is 0 Å². The van der Waals surface area contributed by atoms with Crippen LogP contribution < -0.4 is 0 Å². The molecule has 0 aliphatic heterocycles. The molecule has 2 aromatic heterocycles. The van der Waals surface area contributed by atoms with Crippen LogP contribution in [0.2, 0.25) is 0 Å². The van der Waals surface area contributed by atoms with Gasteiger partial charge in [0.1, 0.15) is 0 Å². The van der Waals surface area contributed by atoms with Crippen molar-refractivity contribution in [1.82, 2.24) is 19.8 Å². The molecule has 0 saturated heterocycles. The number of rotatable bonds is 1. The van der Waals surface area contributed by atoms with Crippen molar-refractivity contribution in [3.63, 3.8) is 0 Å². The second-order valence-electron chi connectivity index (χ2n) is 3.46. The maximum Gasteiger partial charge on any atom is 0.177 e. The molecule has 0 N–H and O–H groups in total. The van der Waals surface area contributed by atoms with Crippen molar-refractivity contribution in [2.24, 2.45) is 0 Å². The number of aromatic nitrogens is 4. The number of aryl methyl sites for hydroxylation is 1. The zero-order chi connectivity index (χ0) is 9.42. The van der Waals surface area contributed by atoms with E-state index in [0.717, 1.165) is 17.2 Å². The Balaban J connectivity index is 2.71. The Kier molecular flexibility index (Phi) is 1.76. The van der Waals surface area contributed by atoms with E-state index in [9.17, 15) is 0 Å². The van der Waals surface area contributed by atoms with Gasteiger partial charge in [-0.2, -0.15) is 9.61 Å². The molecule has 4 nitrogen and oxygen atoms in total. The molecule has 0 atom stereocenters. The Morgan fingerprint density at radius 3 is 2.69 bits per heavy atom. The molecule has 0 saturated carbocycles. The minimum absolute atomic E-state index is 0.351. The maximum absolute atomic E-state index is 4.35. The number of fused-ring (bicyclic) bond motifs is 1. The molecule has 68 valence electrons. The summed E-state index contributed by atoms with van der Waals surface area (Å²) in [5.41, 5.74) is 1.79. The van der Waals surface area contributed by atoms with Crippen molar-refractivity contribution in [1.29, 1.82) is 0 Å². The highest BCUT2D eigenvalue weighted by atomic mass is 15.4. The lowest BCUT2D eigenvalue weighted by molar-refractivity contribution is 0.715. The van der Waals surface area contributed by atoms with Crippen LogP contribution in [0.4, 0.5) is 0 Å². The van der Waals surface area contributed by atoms with Crippen LogP contribution >= 0.6 is 0 Å². The van der Waals surface area contributed by atoms with Crippen LogP contribution in [0.5, 0.6) is 0 Å². The van der Waals surface area contributed by atoms with Crippen molar-refractivity contribution in [2.45, 2.75) is 26.7 Å². The molecule has 0 bridgehead atoms. The molecule has 0 aromatic carbocycles. The fourth-order valence-corrected chi connectivity index (χ4v) is 1.26. The molecule has 2 aromatic rings. The van der Waals surface area contributed by atoms with Crippen LogP contribution in [0, 0.1) is 6.92 Å². The molecule has 0 unspecified atom stereocenters. The Hall–Kier alpha value is -1.45. The fourth-order valence-electron chi connectivity index (χ4n) is 1.26. The average molecular weight is 176 g/mol. The summed E-state index contributed by atoms with van der Waals surface area (Å²) >= 11 is 0.